The summed E-state index contributed by atoms with van der Waals surface area (Å²) < 4.78 is 7.11. The Kier molecular flexibility index (Phi) is 4.49. The fourth-order valence-corrected chi connectivity index (χ4v) is 3.36. The summed E-state index contributed by atoms with van der Waals surface area (Å²) in [5.74, 6) is 0.465. The van der Waals surface area contributed by atoms with Gasteiger partial charge in [-0.3, -0.25) is 9.88 Å². The van der Waals surface area contributed by atoms with Crippen molar-refractivity contribution < 1.29 is 9.53 Å². The molecule has 0 fully saturated rings. The Morgan fingerprint density at radius 2 is 2.00 bits per heavy atom. The number of nitrogens with zero attached hydrogens (tertiary/aromatic N) is 3. The summed E-state index contributed by atoms with van der Waals surface area (Å²) in [5, 5.41) is 0. The first-order chi connectivity index (χ1) is 11.0. The predicted molar refractivity (Wildman–Crippen MR) is 94.7 cm³/mol. The van der Waals surface area contributed by atoms with Crippen LogP contribution in [0, 0.1) is 0 Å². The zero-order valence-electron chi connectivity index (χ0n) is 12.6. The number of hydrogen-bond donors (Lipinski definition) is 1. The summed E-state index contributed by atoms with van der Waals surface area (Å²) >= 11 is 5.75. The van der Waals surface area contributed by atoms with Crippen LogP contribution in [0.2, 0.25) is 0 Å². The van der Waals surface area contributed by atoms with Crippen LogP contribution in [0.1, 0.15) is 13.8 Å². The molecular formula is C16H15N3O2S2. The number of fused-ring (bicyclic) bond motifs is 1. The van der Waals surface area contributed by atoms with Crippen molar-refractivity contribution in [3.8, 4) is 5.75 Å². The molecule has 0 spiro atoms. The summed E-state index contributed by atoms with van der Waals surface area (Å²) in [5.41, 5.74) is 1.64. The smallest absolute Gasteiger partial charge is 0.410 e. The van der Waals surface area contributed by atoms with Crippen molar-refractivity contribution in [2.45, 2.75) is 24.2 Å². The number of anilines is 1. The first-order valence-electron chi connectivity index (χ1n) is 7.05. The van der Waals surface area contributed by atoms with Crippen molar-refractivity contribution in [3.05, 3.63) is 42.7 Å². The molecule has 0 aliphatic rings. The van der Waals surface area contributed by atoms with Crippen molar-refractivity contribution >= 4 is 46.0 Å². The SMILES string of the molecule is CC(C)N(C(=O)Oc1ccncc1)c1ccc2nc(S)sc2c1. The molecule has 23 heavy (non-hydrogen) atoms. The molecule has 2 aromatic heterocycles. The molecule has 3 aromatic rings. The highest BCUT2D eigenvalue weighted by Gasteiger charge is 2.22. The van der Waals surface area contributed by atoms with Crippen molar-refractivity contribution in [3.63, 3.8) is 0 Å². The third-order valence-electron chi connectivity index (χ3n) is 3.21. The van der Waals surface area contributed by atoms with Gasteiger partial charge < -0.3 is 4.74 Å². The fourth-order valence-electron chi connectivity index (χ4n) is 2.22. The third kappa shape index (κ3) is 3.46. The standard InChI is InChI=1S/C16H15N3O2S2/c1-10(2)19(16(20)21-12-5-7-17-8-6-12)11-3-4-13-14(9-11)23-15(22)18-13/h3-10H,1-2H3,(H,18,22). The van der Waals surface area contributed by atoms with Gasteiger partial charge in [0.05, 0.1) is 10.2 Å². The predicted octanol–water partition coefficient (Wildman–Crippen LogP) is 4.39. The van der Waals surface area contributed by atoms with Crippen LogP contribution in [0.4, 0.5) is 10.5 Å². The van der Waals surface area contributed by atoms with E-state index in [0.717, 1.165) is 15.9 Å². The van der Waals surface area contributed by atoms with E-state index in [1.165, 1.54) is 11.3 Å². The summed E-state index contributed by atoms with van der Waals surface area (Å²) in [7, 11) is 0. The van der Waals surface area contributed by atoms with Crippen molar-refractivity contribution in [2.24, 2.45) is 0 Å². The second kappa shape index (κ2) is 6.55. The molecule has 0 bridgehead atoms. The lowest BCUT2D eigenvalue weighted by Crippen LogP contribution is -2.39. The molecule has 7 heteroatoms. The van der Waals surface area contributed by atoms with Crippen LogP contribution in [-0.2, 0) is 0 Å². The van der Waals surface area contributed by atoms with E-state index in [0.29, 0.717) is 10.1 Å². The summed E-state index contributed by atoms with van der Waals surface area (Å²) in [6.45, 7) is 3.88. The molecule has 0 saturated heterocycles. The summed E-state index contributed by atoms with van der Waals surface area (Å²) in [4.78, 5) is 22.4. The van der Waals surface area contributed by atoms with Gasteiger partial charge in [0.15, 0.2) is 0 Å². The number of pyridine rings is 1. The van der Waals surface area contributed by atoms with E-state index in [-0.39, 0.29) is 6.04 Å². The number of hydrogen-bond acceptors (Lipinski definition) is 6. The van der Waals surface area contributed by atoms with Gasteiger partial charge in [0, 0.05) is 24.1 Å². The van der Waals surface area contributed by atoms with Crippen LogP contribution in [0.25, 0.3) is 10.2 Å². The van der Waals surface area contributed by atoms with E-state index in [1.54, 1.807) is 29.4 Å². The van der Waals surface area contributed by atoms with Gasteiger partial charge in [0.2, 0.25) is 0 Å². The van der Waals surface area contributed by atoms with Gasteiger partial charge in [0.1, 0.15) is 10.1 Å². The van der Waals surface area contributed by atoms with Crippen molar-refractivity contribution in [2.75, 3.05) is 4.90 Å². The topological polar surface area (TPSA) is 55.3 Å². The van der Waals surface area contributed by atoms with E-state index in [2.05, 4.69) is 22.6 Å². The summed E-state index contributed by atoms with van der Waals surface area (Å²) in [6.07, 6.45) is 2.74. The first kappa shape index (κ1) is 15.8. The minimum Gasteiger partial charge on any atom is -0.410 e. The molecule has 5 nitrogen and oxygen atoms in total. The molecule has 0 aliphatic carbocycles. The van der Waals surface area contributed by atoms with Crippen LogP contribution in [0.5, 0.6) is 5.75 Å². The highest BCUT2D eigenvalue weighted by molar-refractivity contribution is 7.82. The van der Waals surface area contributed by atoms with Gasteiger partial charge in [-0.1, -0.05) is 0 Å². The highest BCUT2D eigenvalue weighted by atomic mass is 32.2. The molecule has 0 unspecified atom stereocenters. The normalized spacial score (nSPS) is 11.0. The molecule has 3 rings (SSSR count). The highest BCUT2D eigenvalue weighted by Crippen LogP contribution is 2.30. The molecular weight excluding hydrogens is 330 g/mol. The van der Waals surface area contributed by atoms with Gasteiger partial charge >= 0.3 is 6.09 Å². The third-order valence-corrected chi connectivity index (χ3v) is 4.40. The number of ether oxygens (including phenoxy) is 1. The number of aromatic nitrogens is 2. The van der Waals surface area contributed by atoms with Crippen molar-refractivity contribution in [1.82, 2.24) is 9.97 Å². The van der Waals surface area contributed by atoms with Crippen LogP contribution in [0.3, 0.4) is 0 Å². The maximum Gasteiger partial charge on any atom is 0.419 e. The zero-order valence-corrected chi connectivity index (χ0v) is 14.3. The molecule has 0 aliphatic heterocycles. The van der Waals surface area contributed by atoms with Gasteiger partial charge in [-0.2, -0.15) is 0 Å². The van der Waals surface area contributed by atoms with E-state index in [9.17, 15) is 4.79 Å². The van der Waals surface area contributed by atoms with Crippen LogP contribution in [-0.4, -0.2) is 22.1 Å². The maximum atomic E-state index is 12.6. The molecule has 1 amide bonds. The minimum atomic E-state index is -0.429. The largest absolute Gasteiger partial charge is 0.419 e. The molecule has 0 atom stereocenters. The Labute approximate surface area is 143 Å². The van der Waals surface area contributed by atoms with E-state index in [1.807, 2.05) is 32.0 Å². The monoisotopic (exact) mass is 345 g/mol. The van der Waals surface area contributed by atoms with E-state index < -0.39 is 6.09 Å². The number of benzene rings is 1. The summed E-state index contributed by atoms with van der Waals surface area (Å²) in [6, 6.07) is 8.93. The van der Waals surface area contributed by atoms with Gasteiger partial charge in [-0.05, 0) is 44.2 Å². The quantitative estimate of drug-likeness (QED) is 0.715. The Hall–Kier alpha value is -2.12. The second-order valence-corrected chi connectivity index (χ2v) is 6.92. The Morgan fingerprint density at radius 1 is 1.26 bits per heavy atom. The molecule has 0 saturated carbocycles. The fraction of sp³-hybridized carbons (Fsp3) is 0.188. The molecule has 118 valence electrons. The van der Waals surface area contributed by atoms with Crippen LogP contribution < -0.4 is 9.64 Å². The average molecular weight is 345 g/mol. The van der Waals surface area contributed by atoms with Gasteiger partial charge in [-0.25, -0.2) is 9.78 Å². The van der Waals surface area contributed by atoms with Crippen LogP contribution >= 0.6 is 24.0 Å². The number of amides is 1. The number of carbonyl (C=O) groups excluding carboxylic acids is 1. The lowest BCUT2D eigenvalue weighted by atomic mass is 10.2. The Morgan fingerprint density at radius 3 is 2.70 bits per heavy atom. The van der Waals surface area contributed by atoms with Crippen LogP contribution in [0.15, 0.2) is 47.1 Å². The lowest BCUT2D eigenvalue weighted by molar-refractivity contribution is 0.206. The maximum absolute atomic E-state index is 12.6. The van der Waals surface area contributed by atoms with Crippen molar-refractivity contribution in [1.29, 1.82) is 0 Å². The number of rotatable bonds is 3. The second-order valence-electron chi connectivity index (χ2n) is 5.16. The Bertz CT molecular complexity index is 834. The zero-order chi connectivity index (χ0) is 16.4. The Balaban J connectivity index is 1.91. The minimum absolute atomic E-state index is 0.0508. The molecule has 0 radical (unpaired) electrons. The average Bonchev–Trinajstić information content (AvgIpc) is 2.87. The number of thiol groups is 1. The first-order valence-corrected chi connectivity index (χ1v) is 8.31. The number of carbonyl (C=O) groups is 1. The van der Waals surface area contributed by atoms with Gasteiger partial charge in [0.25, 0.3) is 0 Å². The molecule has 2 heterocycles. The number of thiazole rings is 1. The van der Waals surface area contributed by atoms with E-state index >= 15 is 0 Å². The van der Waals surface area contributed by atoms with E-state index in [4.69, 9.17) is 4.74 Å². The molecule has 0 N–H and O–H groups in total. The molecule has 1 aromatic carbocycles. The lowest BCUT2D eigenvalue weighted by Gasteiger charge is -2.25. The van der Waals surface area contributed by atoms with Gasteiger partial charge in [-0.15, -0.1) is 24.0 Å².